The van der Waals surface area contributed by atoms with Crippen LogP contribution in [0.1, 0.15) is 35.0 Å². The van der Waals surface area contributed by atoms with Crippen molar-refractivity contribution in [1.82, 2.24) is 10.3 Å². The molecule has 2 aromatic heterocycles. The van der Waals surface area contributed by atoms with Gasteiger partial charge < -0.3 is 15.4 Å². The molecule has 4 rings (SSSR count). The second kappa shape index (κ2) is 6.85. The first kappa shape index (κ1) is 17.2. The lowest BCUT2D eigenvalue weighted by atomic mass is 9.76. The molecule has 2 heterocycles. The topological polar surface area (TPSA) is 65.1 Å². The van der Waals surface area contributed by atoms with Crippen molar-refractivity contribution in [3.8, 4) is 0 Å². The van der Waals surface area contributed by atoms with Gasteiger partial charge in [-0.05, 0) is 60.9 Å². The third-order valence-corrected chi connectivity index (χ3v) is 6.16. The average Bonchev–Trinajstić information content (AvgIpc) is 3.20. The number of rotatable bonds is 5. The number of fused-ring (bicyclic) bond motifs is 1. The Morgan fingerprint density at radius 2 is 2.23 bits per heavy atom. The summed E-state index contributed by atoms with van der Waals surface area (Å²) in [5.41, 5.74) is 2.55. The second-order valence-corrected chi connectivity index (χ2v) is 8.02. The summed E-state index contributed by atoms with van der Waals surface area (Å²) < 4.78 is 13.6. The van der Waals surface area contributed by atoms with Crippen LogP contribution in [0.25, 0.3) is 10.9 Å². The van der Waals surface area contributed by atoms with Crippen molar-refractivity contribution in [1.29, 1.82) is 0 Å². The number of thiophene rings is 1. The van der Waals surface area contributed by atoms with E-state index in [9.17, 15) is 14.3 Å². The van der Waals surface area contributed by atoms with E-state index >= 15 is 0 Å². The summed E-state index contributed by atoms with van der Waals surface area (Å²) >= 11 is 1.62. The van der Waals surface area contributed by atoms with Crippen molar-refractivity contribution in [2.75, 3.05) is 0 Å². The van der Waals surface area contributed by atoms with Crippen LogP contribution >= 0.6 is 11.3 Å². The van der Waals surface area contributed by atoms with E-state index in [1.165, 1.54) is 12.1 Å². The monoisotopic (exact) mass is 372 g/mol. The molecule has 3 aromatic rings. The zero-order chi connectivity index (χ0) is 18.3. The van der Waals surface area contributed by atoms with E-state index in [4.69, 9.17) is 0 Å². The van der Waals surface area contributed by atoms with Crippen LogP contribution in [0.3, 0.4) is 0 Å². The molecule has 1 saturated carbocycles. The first-order valence-electron chi connectivity index (χ1n) is 8.79. The summed E-state index contributed by atoms with van der Waals surface area (Å²) in [5.74, 6) is -0.134. The lowest BCUT2D eigenvalue weighted by molar-refractivity contribution is -0.122. The van der Waals surface area contributed by atoms with Crippen LogP contribution in [0, 0.1) is 18.7 Å². The zero-order valence-electron chi connectivity index (χ0n) is 14.5. The van der Waals surface area contributed by atoms with E-state index < -0.39 is 0 Å². The van der Waals surface area contributed by atoms with E-state index in [1.54, 1.807) is 17.4 Å². The number of halogens is 1. The van der Waals surface area contributed by atoms with Gasteiger partial charge in [-0.25, -0.2) is 4.39 Å². The fourth-order valence-electron chi connectivity index (χ4n) is 3.76. The summed E-state index contributed by atoms with van der Waals surface area (Å²) in [5, 5.41) is 15.5. The molecular weight excluding hydrogens is 351 g/mol. The van der Waals surface area contributed by atoms with Gasteiger partial charge in [0.15, 0.2) is 0 Å². The smallest absolute Gasteiger partial charge is 0.225 e. The molecule has 6 heteroatoms. The lowest BCUT2D eigenvalue weighted by Crippen LogP contribution is -2.41. The van der Waals surface area contributed by atoms with Gasteiger partial charge in [-0.3, -0.25) is 4.79 Å². The quantitative estimate of drug-likeness (QED) is 0.637. The number of benzene rings is 1. The maximum atomic E-state index is 13.6. The maximum absolute atomic E-state index is 13.6. The number of carbonyl (C=O) groups excluding carboxylic acids is 1. The highest BCUT2D eigenvalue weighted by Crippen LogP contribution is 2.39. The Bertz CT molecular complexity index is 929. The van der Waals surface area contributed by atoms with Gasteiger partial charge in [0, 0.05) is 21.5 Å². The number of hydrogen-bond donors (Lipinski definition) is 3. The highest BCUT2D eigenvalue weighted by Gasteiger charge is 2.36. The zero-order valence-corrected chi connectivity index (χ0v) is 15.3. The Labute approximate surface area is 155 Å². The summed E-state index contributed by atoms with van der Waals surface area (Å²) in [7, 11) is 0. The van der Waals surface area contributed by atoms with Gasteiger partial charge in [-0.15, -0.1) is 11.3 Å². The highest BCUT2D eigenvalue weighted by molar-refractivity contribution is 7.10. The van der Waals surface area contributed by atoms with Crippen molar-refractivity contribution in [2.24, 2.45) is 5.92 Å². The Morgan fingerprint density at radius 3 is 2.92 bits per heavy atom. The minimum absolute atomic E-state index is 0.0758. The van der Waals surface area contributed by atoms with E-state index in [2.05, 4.69) is 10.3 Å². The number of nitrogens with one attached hydrogen (secondary N) is 2. The van der Waals surface area contributed by atoms with Gasteiger partial charge >= 0.3 is 0 Å². The molecule has 1 aromatic carbocycles. The summed E-state index contributed by atoms with van der Waals surface area (Å²) in [4.78, 5) is 17.1. The molecule has 1 aliphatic carbocycles. The number of aliphatic hydroxyl groups excluding tert-OH is 1. The van der Waals surface area contributed by atoms with Crippen LogP contribution in [0.2, 0.25) is 0 Å². The number of carbonyl (C=O) groups is 1. The molecule has 0 saturated heterocycles. The van der Waals surface area contributed by atoms with Crippen molar-refractivity contribution in [3.63, 3.8) is 0 Å². The van der Waals surface area contributed by atoms with Crippen LogP contribution in [0.5, 0.6) is 0 Å². The van der Waals surface area contributed by atoms with Gasteiger partial charge in [0.05, 0.1) is 18.6 Å². The number of aromatic amines is 1. The lowest BCUT2D eigenvalue weighted by Gasteiger charge is -2.37. The third kappa shape index (κ3) is 3.27. The number of aryl methyl sites for hydroxylation is 1. The second-order valence-electron chi connectivity index (χ2n) is 7.04. The molecule has 1 unspecified atom stereocenters. The molecule has 0 bridgehead atoms. The van der Waals surface area contributed by atoms with Crippen LogP contribution in [0.15, 0.2) is 35.7 Å². The Balaban J connectivity index is 1.54. The first-order valence-corrected chi connectivity index (χ1v) is 9.66. The van der Waals surface area contributed by atoms with Gasteiger partial charge in [0.2, 0.25) is 5.91 Å². The molecule has 136 valence electrons. The van der Waals surface area contributed by atoms with E-state index in [0.717, 1.165) is 27.0 Å². The number of aromatic nitrogens is 1. The number of hydrogen-bond acceptors (Lipinski definition) is 3. The predicted octanol–water partition coefficient (Wildman–Crippen LogP) is 3.85. The minimum Gasteiger partial charge on any atom is -0.393 e. The summed E-state index contributed by atoms with van der Waals surface area (Å²) in [6.07, 6.45) is 1.35. The Hall–Kier alpha value is -2.18. The van der Waals surface area contributed by atoms with Gasteiger partial charge in [-0.1, -0.05) is 6.07 Å². The largest absolute Gasteiger partial charge is 0.393 e. The molecule has 3 N–H and O–H groups in total. The first-order chi connectivity index (χ1) is 12.5. The van der Waals surface area contributed by atoms with Crippen molar-refractivity contribution < 1.29 is 14.3 Å². The number of aliphatic hydroxyl groups is 1. The van der Waals surface area contributed by atoms with Crippen LogP contribution in [-0.2, 0) is 11.2 Å². The number of H-pyrrole nitrogens is 1. The SMILES string of the molecule is Cc1[nH]c2ccc(F)cc2c1CC(=O)NC(c1cccs1)C1CC(O)C1. The fraction of sp³-hybridized carbons (Fsp3) is 0.350. The average molecular weight is 372 g/mol. The van der Waals surface area contributed by atoms with Crippen LogP contribution in [-0.4, -0.2) is 22.1 Å². The van der Waals surface area contributed by atoms with Gasteiger partial charge in [0.25, 0.3) is 0 Å². The van der Waals surface area contributed by atoms with Gasteiger partial charge in [-0.2, -0.15) is 0 Å². The fourth-order valence-corrected chi connectivity index (χ4v) is 4.63. The predicted molar refractivity (Wildman–Crippen MR) is 101 cm³/mol. The highest BCUT2D eigenvalue weighted by atomic mass is 32.1. The van der Waals surface area contributed by atoms with E-state index in [1.807, 2.05) is 24.4 Å². The van der Waals surface area contributed by atoms with Crippen molar-refractivity contribution >= 4 is 28.1 Å². The van der Waals surface area contributed by atoms with Crippen molar-refractivity contribution in [3.05, 3.63) is 57.7 Å². The van der Waals surface area contributed by atoms with Crippen LogP contribution < -0.4 is 5.32 Å². The third-order valence-electron chi connectivity index (χ3n) is 5.21. The van der Waals surface area contributed by atoms with Gasteiger partial charge in [0.1, 0.15) is 5.82 Å². The minimum atomic E-state index is -0.307. The molecule has 1 fully saturated rings. The van der Waals surface area contributed by atoms with E-state index in [-0.39, 0.29) is 36.2 Å². The van der Waals surface area contributed by atoms with Crippen LogP contribution in [0.4, 0.5) is 4.39 Å². The summed E-state index contributed by atoms with van der Waals surface area (Å²) in [6, 6.07) is 8.50. The molecule has 1 aliphatic rings. The molecule has 0 radical (unpaired) electrons. The number of amides is 1. The Morgan fingerprint density at radius 1 is 1.42 bits per heavy atom. The molecule has 4 nitrogen and oxygen atoms in total. The Kier molecular flexibility index (Phi) is 4.54. The molecule has 1 amide bonds. The molecular formula is C20H21FN2O2S. The van der Waals surface area contributed by atoms with Crippen molar-refractivity contribution in [2.45, 2.75) is 38.3 Å². The molecule has 1 atom stereocenters. The summed E-state index contributed by atoms with van der Waals surface area (Å²) in [6.45, 7) is 1.90. The maximum Gasteiger partial charge on any atom is 0.225 e. The normalized spacial score (nSPS) is 20.7. The standard InChI is InChI=1S/C20H21FN2O2S/c1-11-15(16-9-13(21)4-5-17(16)22-11)10-19(25)23-20(12-7-14(24)8-12)18-3-2-6-26-18/h2-6,9,12,14,20,22,24H,7-8,10H2,1H3,(H,23,25). The molecule has 0 aliphatic heterocycles. The molecule has 0 spiro atoms. The molecule has 26 heavy (non-hydrogen) atoms. The van der Waals surface area contributed by atoms with E-state index in [0.29, 0.717) is 12.8 Å².